The Bertz CT molecular complexity index is 752. The van der Waals surface area contributed by atoms with Gasteiger partial charge >= 0.3 is 0 Å². The number of amides is 1. The molecule has 29 heavy (non-hydrogen) atoms. The van der Waals surface area contributed by atoms with Gasteiger partial charge in [0.15, 0.2) is 0 Å². The number of aliphatic hydroxyl groups is 1. The lowest BCUT2D eigenvalue weighted by atomic mass is 10.0. The van der Waals surface area contributed by atoms with E-state index in [2.05, 4.69) is 24.4 Å². The van der Waals surface area contributed by atoms with Crippen molar-refractivity contribution in [3.05, 3.63) is 65.2 Å². The number of primary amides is 1. The summed E-state index contributed by atoms with van der Waals surface area (Å²) in [7, 11) is 0. The molecule has 2 aromatic carbocycles. The molecule has 0 radical (unpaired) electrons. The average Bonchev–Trinajstić information content (AvgIpc) is 2.74. The third-order valence-corrected chi connectivity index (χ3v) is 4.71. The topological polar surface area (TPSA) is 93.8 Å². The van der Waals surface area contributed by atoms with Crippen LogP contribution in [-0.4, -0.2) is 43.4 Å². The number of nitrogens with one attached hydrogen (secondary N) is 1. The Kier molecular flexibility index (Phi) is 9.64. The van der Waals surface area contributed by atoms with Gasteiger partial charge < -0.3 is 25.6 Å². The Balaban J connectivity index is 1.87. The van der Waals surface area contributed by atoms with E-state index >= 15 is 0 Å². The van der Waals surface area contributed by atoms with Crippen LogP contribution in [0.25, 0.3) is 0 Å². The normalized spacial score (nSPS) is 13.1. The third-order valence-electron chi connectivity index (χ3n) is 4.71. The maximum Gasteiger partial charge on any atom is 0.252 e. The van der Waals surface area contributed by atoms with Crippen LogP contribution in [0.1, 0.15) is 47.9 Å². The summed E-state index contributed by atoms with van der Waals surface area (Å²) in [6.45, 7) is 5.76. The van der Waals surface area contributed by atoms with Crippen molar-refractivity contribution < 1.29 is 19.4 Å². The number of carbonyl (C=O) groups excluding carboxylic acids is 1. The van der Waals surface area contributed by atoms with Crippen LogP contribution in [0.15, 0.2) is 48.5 Å². The van der Waals surface area contributed by atoms with E-state index in [0.29, 0.717) is 37.7 Å². The lowest BCUT2D eigenvalue weighted by Gasteiger charge is -2.19. The van der Waals surface area contributed by atoms with Gasteiger partial charge in [0, 0.05) is 19.2 Å². The molecule has 1 amide bonds. The number of hydrogen-bond acceptors (Lipinski definition) is 5. The molecule has 0 aliphatic rings. The fourth-order valence-electron chi connectivity index (χ4n) is 2.99. The molecule has 2 unspecified atom stereocenters. The summed E-state index contributed by atoms with van der Waals surface area (Å²) in [5.74, 6) is -0.188. The molecule has 2 rings (SSSR count). The van der Waals surface area contributed by atoms with E-state index in [9.17, 15) is 9.90 Å². The molecule has 0 saturated heterocycles. The van der Waals surface area contributed by atoms with E-state index in [4.69, 9.17) is 15.2 Å². The average molecular weight is 401 g/mol. The molecule has 6 heteroatoms. The van der Waals surface area contributed by atoms with Crippen molar-refractivity contribution in [3.63, 3.8) is 0 Å². The Morgan fingerprint density at radius 1 is 1.17 bits per heavy atom. The minimum Gasteiger partial charge on any atom is -0.490 e. The number of rotatable bonds is 13. The largest absolute Gasteiger partial charge is 0.490 e. The number of nitrogens with two attached hydrogens (primary N) is 1. The first kappa shape index (κ1) is 22.9. The van der Waals surface area contributed by atoms with Gasteiger partial charge in [-0.3, -0.25) is 4.79 Å². The van der Waals surface area contributed by atoms with E-state index in [1.807, 2.05) is 25.1 Å². The molecule has 0 heterocycles. The Morgan fingerprint density at radius 2 is 1.93 bits per heavy atom. The third kappa shape index (κ3) is 7.85. The van der Waals surface area contributed by atoms with Crippen LogP contribution < -0.4 is 15.8 Å². The van der Waals surface area contributed by atoms with E-state index < -0.39 is 12.0 Å². The van der Waals surface area contributed by atoms with E-state index in [1.54, 1.807) is 18.2 Å². The molecule has 4 N–H and O–H groups in total. The number of aryl methyl sites for hydroxylation is 1. The first-order valence-corrected chi connectivity index (χ1v) is 10.1. The molecule has 0 aliphatic carbocycles. The van der Waals surface area contributed by atoms with Gasteiger partial charge in [0.2, 0.25) is 0 Å². The molecule has 0 fully saturated rings. The van der Waals surface area contributed by atoms with Gasteiger partial charge in [0.1, 0.15) is 12.4 Å². The summed E-state index contributed by atoms with van der Waals surface area (Å²) in [4.78, 5) is 11.8. The van der Waals surface area contributed by atoms with Crippen LogP contribution in [0.3, 0.4) is 0 Å². The lowest BCUT2D eigenvalue weighted by Crippen LogP contribution is -2.31. The zero-order valence-corrected chi connectivity index (χ0v) is 17.3. The smallest absolute Gasteiger partial charge is 0.252 e. The van der Waals surface area contributed by atoms with Crippen LogP contribution in [0.4, 0.5) is 0 Å². The van der Waals surface area contributed by atoms with Gasteiger partial charge in [-0.05, 0) is 49.9 Å². The summed E-state index contributed by atoms with van der Waals surface area (Å²) < 4.78 is 10.8. The molecule has 2 atom stereocenters. The first-order valence-electron chi connectivity index (χ1n) is 10.1. The van der Waals surface area contributed by atoms with Crippen molar-refractivity contribution in [2.75, 3.05) is 26.4 Å². The lowest BCUT2D eigenvalue weighted by molar-refractivity contribution is 0.0978. The standard InChI is InChI=1S/C23H32N2O4/c1-3-28-13-14-29-22-12-11-19(15-20(22)23(24)27)21(26)16-25-17(2)9-10-18-7-5-4-6-8-18/h4-8,11-12,15,17,21,25-26H,3,9-10,13-14,16H2,1-2H3,(H2,24,27). The van der Waals surface area contributed by atoms with Crippen LogP contribution in [-0.2, 0) is 11.2 Å². The van der Waals surface area contributed by atoms with E-state index in [-0.39, 0.29) is 11.6 Å². The molecular formula is C23H32N2O4. The molecule has 0 bridgehead atoms. The van der Waals surface area contributed by atoms with Crippen LogP contribution in [0, 0.1) is 0 Å². The maximum atomic E-state index is 11.8. The van der Waals surface area contributed by atoms with Crippen molar-refractivity contribution in [1.29, 1.82) is 0 Å². The van der Waals surface area contributed by atoms with Gasteiger partial charge in [-0.2, -0.15) is 0 Å². The molecular weight excluding hydrogens is 368 g/mol. The fourth-order valence-corrected chi connectivity index (χ4v) is 2.99. The molecule has 2 aromatic rings. The Hall–Kier alpha value is -2.41. The van der Waals surface area contributed by atoms with Gasteiger partial charge in [-0.25, -0.2) is 0 Å². The predicted molar refractivity (Wildman–Crippen MR) is 114 cm³/mol. The van der Waals surface area contributed by atoms with Crippen molar-refractivity contribution >= 4 is 5.91 Å². The number of ether oxygens (including phenoxy) is 2. The molecule has 0 spiro atoms. The van der Waals surface area contributed by atoms with Crippen molar-refractivity contribution in [2.24, 2.45) is 5.73 Å². The van der Waals surface area contributed by atoms with Crippen LogP contribution in [0.2, 0.25) is 0 Å². The highest BCUT2D eigenvalue weighted by Crippen LogP contribution is 2.23. The summed E-state index contributed by atoms with van der Waals surface area (Å²) >= 11 is 0. The molecule has 0 saturated carbocycles. The fraction of sp³-hybridized carbons (Fsp3) is 0.435. The first-order chi connectivity index (χ1) is 14.0. The number of benzene rings is 2. The second kappa shape index (κ2) is 12.2. The molecule has 6 nitrogen and oxygen atoms in total. The molecule has 158 valence electrons. The van der Waals surface area contributed by atoms with Crippen molar-refractivity contribution in [3.8, 4) is 5.75 Å². The Morgan fingerprint density at radius 3 is 2.62 bits per heavy atom. The highest BCUT2D eigenvalue weighted by molar-refractivity contribution is 5.95. The van der Waals surface area contributed by atoms with Gasteiger partial charge in [-0.15, -0.1) is 0 Å². The second-order valence-electron chi connectivity index (χ2n) is 7.01. The van der Waals surface area contributed by atoms with Gasteiger partial charge in [-0.1, -0.05) is 36.4 Å². The zero-order valence-electron chi connectivity index (χ0n) is 17.3. The van der Waals surface area contributed by atoms with Crippen molar-refractivity contribution in [2.45, 2.75) is 38.8 Å². The highest BCUT2D eigenvalue weighted by Gasteiger charge is 2.15. The van der Waals surface area contributed by atoms with Crippen LogP contribution >= 0.6 is 0 Å². The predicted octanol–water partition coefficient (Wildman–Crippen LogP) is 2.85. The number of carbonyl (C=O) groups is 1. The van der Waals surface area contributed by atoms with Crippen molar-refractivity contribution in [1.82, 2.24) is 5.32 Å². The quantitative estimate of drug-likeness (QED) is 0.450. The minimum atomic E-state index is -0.746. The summed E-state index contributed by atoms with van der Waals surface area (Å²) in [5, 5.41) is 13.9. The summed E-state index contributed by atoms with van der Waals surface area (Å²) in [5.41, 5.74) is 7.67. The van der Waals surface area contributed by atoms with E-state index in [1.165, 1.54) is 5.56 Å². The van der Waals surface area contributed by atoms with Gasteiger partial charge in [0.25, 0.3) is 5.91 Å². The molecule has 0 aromatic heterocycles. The van der Waals surface area contributed by atoms with Crippen LogP contribution in [0.5, 0.6) is 5.75 Å². The number of aliphatic hydroxyl groups excluding tert-OH is 1. The van der Waals surface area contributed by atoms with Gasteiger partial charge in [0.05, 0.1) is 18.3 Å². The number of hydrogen-bond donors (Lipinski definition) is 3. The Labute approximate surface area is 173 Å². The zero-order chi connectivity index (χ0) is 21.1. The second-order valence-corrected chi connectivity index (χ2v) is 7.01. The SMILES string of the molecule is CCOCCOc1ccc(C(O)CNC(C)CCc2ccccc2)cc1C(N)=O. The molecule has 0 aliphatic heterocycles. The maximum absolute atomic E-state index is 11.8. The monoisotopic (exact) mass is 400 g/mol. The van der Waals surface area contributed by atoms with E-state index in [0.717, 1.165) is 12.8 Å². The highest BCUT2D eigenvalue weighted by atomic mass is 16.5. The summed E-state index contributed by atoms with van der Waals surface area (Å²) in [6.07, 6.45) is 1.20. The minimum absolute atomic E-state index is 0.252. The summed E-state index contributed by atoms with van der Waals surface area (Å²) in [6, 6.07) is 15.6.